The van der Waals surface area contributed by atoms with Gasteiger partial charge in [-0.3, -0.25) is 0 Å². The van der Waals surface area contributed by atoms with Crippen molar-refractivity contribution in [3.8, 4) is 0 Å². The van der Waals surface area contributed by atoms with Crippen LogP contribution in [0.5, 0.6) is 0 Å². The van der Waals surface area contributed by atoms with Gasteiger partial charge < -0.3 is 10.2 Å². The summed E-state index contributed by atoms with van der Waals surface area (Å²) in [5.41, 5.74) is 0. The lowest BCUT2D eigenvalue weighted by Crippen LogP contribution is -2.52. The molecule has 2 atom stereocenters. The third kappa shape index (κ3) is 2.73. The third-order valence-electron chi connectivity index (χ3n) is 4.43. The van der Waals surface area contributed by atoms with Gasteiger partial charge in [0, 0.05) is 18.1 Å². The topological polar surface area (TPSA) is 41.0 Å². The Morgan fingerprint density at radius 3 is 2.68 bits per heavy atom. The molecular formula is C13H18BrClN4. The molecule has 2 aliphatic rings. The average Bonchev–Trinajstić information content (AvgIpc) is 2.36. The highest BCUT2D eigenvalue weighted by Crippen LogP contribution is 2.35. The fourth-order valence-corrected chi connectivity index (χ4v) is 3.83. The number of anilines is 1. The molecule has 3 rings (SSSR count). The lowest BCUT2D eigenvalue weighted by atomic mass is 9.82. The lowest BCUT2D eigenvalue weighted by Gasteiger charge is -2.47. The molecule has 0 aliphatic carbocycles. The van der Waals surface area contributed by atoms with E-state index in [1.54, 1.807) is 0 Å². The second-order valence-corrected chi connectivity index (χ2v) is 6.69. The van der Waals surface area contributed by atoms with Crippen molar-refractivity contribution in [2.24, 2.45) is 0 Å². The van der Waals surface area contributed by atoms with Crippen LogP contribution in [0.3, 0.4) is 0 Å². The zero-order chi connectivity index (χ0) is 13.4. The molecule has 2 unspecified atom stereocenters. The molecule has 0 amide bonds. The lowest BCUT2D eigenvalue weighted by molar-refractivity contribution is 0.0608. The minimum atomic E-state index is 0.464. The van der Waals surface area contributed by atoms with Gasteiger partial charge in [-0.15, -0.1) is 0 Å². The Labute approximate surface area is 127 Å². The molecule has 0 aromatic carbocycles. The summed E-state index contributed by atoms with van der Waals surface area (Å²) in [6.45, 7) is 0. The highest BCUT2D eigenvalue weighted by molar-refractivity contribution is 9.10. The SMILES string of the molecule is CN1C2CCCC1CC(Nc1ncnc(Cl)c1Br)C2. The first-order chi connectivity index (χ1) is 9.15. The van der Waals surface area contributed by atoms with E-state index in [2.05, 4.69) is 43.2 Å². The van der Waals surface area contributed by atoms with Crippen LogP contribution in [0.1, 0.15) is 32.1 Å². The van der Waals surface area contributed by atoms with Gasteiger partial charge in [0.15, 0.2) is 0 Å². The first kappa shape index (κ1) is 13.6. The molecule has 6 heteroatoms. The maximum Gasteiger partial charge on any atom is 0.148 e. The van der Waals surface area contributed by atoms with Crippen molar-refractivity contribution >= 4 is 33.3 Å². The Morgan fingerprint density at radius 2 is 2.00 bits per heavy atom. The van der Waals surface area contributed by atoms with Gasteiger partial charge in [-0.1, -0.05) is 18.0 Å². The Hall–Kier alpha value is -0.390. The molecule has 2 bridgehead atoms. The van der Waals surface area contributed by atoms with E-state index in [0.717, 1.165) is 10.3 Å². The maximum absolute atomic E-state index is 6.00. The minimum absolute atomic E-state index is 0.464. The number of hydrogen-bond acceptors (Lipinski definition) is 4. The quantitative estimate of drug-likeness (QED) is 0.835. The normalized spacial score (nSPS) is 31.2. The fourth-order valence-electron chi connectivity index (χ4n) is 3.38. The predicted molar refractivity (Wildman–Crippen MR) is 80.6 cm³/mol. The summed E-state index contributed by atoms with van der Waals surface area (Å²) in [6, 6.07) is 1.90. The minimum Gasteiger partial charge on any atom is -0.366 e. The molecule has 104 valence electrons. The summed E-state index contributed by atoms with van der Waals surface area (Å²) >= 11 is 9.45. The summed E-state index contributed by atoms with van der Waals surface area (Å²) in [5.74, 6) is 0.813. The Bertz CT molecular complexity index is 456. The monoisotopic (exact) mass is 344 g/mol. The zero-order valence-corrected chi connectivity index (χ0v) is 13.3. The Balaban J connectivity index is 1.72. The van der Waals surface area contributed by atoms with Gasteiger partial charge in [-0.05, 0) is 48.7 Å². The molecule has 4 nitrogen and oxygen atoms in total. The molecule has 2 saturated heterocycles. The van der Waals surface area contributed by atoms with E-state index in [9.17, 15) is 0 Å². The van der Waals surface area contributed by atoms with Crippen LogP contribution in [0, 0.1) is 0 Å². The number of fused-ring (bicyclic) bond motifs is 2. The van der Waals surface area contributed by atoms with Crippen LogP contribution >= 0.6 is 27.5 Å². The molecule has 2 aliphatic heterocycles. The van der Waals surface area contributed by atoms with Crippen molar-refractivity contribution in [1.29, 1.82) is 0 Å². The second-order valence-electron chi connectivity index (χ2n) is 5.54. The predicted octanol–water partition coefficient (Wildman–Crippen LogP) is 3.32. The van der Waals surface area contributed by atoms with Crippen LogP contribution in [-0.4, -0.2) is 40.0 Å². The highest BCUT2D eigenvalue weighted by atomic mass is 79.9. The van der Waals surface area contributed by atoms with Gasteiger partial charge in [0.2, 0.25) is 0 Å². The number of hydrogen-bond donors (Lipinski definition) is 1. The molecular weight excluding hydrogens is 328 g/mol. The standard InChI is InChI=1S/C13H18BrClN4/c1-19-9-3-2-4-10(19)6-8(5-9)18-13-11(14)12(15)16-7-17-13/h7-10H,2-6H2,1H3,(H,16,17,18). The third-order valence-corrected chi connectivity index (χ3v) is 5.69. The molecule has 0 radical (unpaired) electrons. The largest absolute Gasteiger partial charge is 0.366 e. The van der Waals surface area contributed by atoms with Crippen molar-refractivity contribution in [1.82, 2.24) is 14.9 Å². The van der Waals surface area contributed by atoms with Crippen molar-refractivity contribution in [3.63, 3.8) is 0 Å². The average molecular weight is 346 g/mol. The molecule has 1 aromatic rings. The fraction of sp³-hybridized carbons (Fsp3) is 0.692. The summed E-state index contributed by atoms with van der Waals surface area (Å²) in [4.78, 5) is 10.8. The molecule has 1 aromatic heterocycles. The van der Waals surface area contributed by atoms with Gasteiger partial charge in [0.1, 0.15) is 17.3 Å². The number of piperidine rings is 2. The van der Waals surface area contributed by atoms with Crippen LogP contribution in [0.25, 0.3) is 0 Å². The van der Waals surface area contributed by atoms with E-state index in [0.29, 0.717) is 23.3 Å². The summed E-state index contributed by atoms with van der Waals surface area (Å²) in [7, 11) is 2.27. The summed E-state index contributed by atoms with van der Waals surface area (Å²) in [5, 5.41) is 3.99. The van der Waals surface area contributed by atoms with Gasteiger partial charge in [0.25, 0.3) is 0 Å². The zero-order valence-electron chi connectivity index (χ0n) is 10.9. The van der Waals surface area contributed by atoms with E-state index >= 15 is 0 Å². The van der Waals surface area contributed by atoms with E-state index in [1.807, 2.05) is 0 Å². The van der Waals surface area contributed by atoms with Gasteiger partial charge in [-0.2, -0.15) is 0 Å². The molecule has 0 saturated carbocycles. The molecule has 0 spiro atoms. The van der Waals surface area contributed by atoms with Crippen LogP contribution in [0.2, 0.25) is 5.15 Å². The van der Waals surface area contributed by atoms with E-state index < -0.39 is 0 Å². The van der Waals surface area contributed by atoms with Gasteiger partial charge in [-0.25, -0.2) is 9.97 Å². The van der Waals surface area contributed by atoms with Crippen LogP contribution in [-0.2, 0) is 0 Å². The van der Waals surface area contributed by atoms with Crippen molar-refractivity contribution in [2.45, 2.75) is 50.2 Å². The number of halogens is 2. The first-order valence-electron chi connectivity index (χ1n) is 6.79. The number of nitrogens with one attached hydrogen (secondary N) is 1. The van der Waals surface area contributed by atoms with Crippen molar-refractivity contribution in [3.05, 3.63) is 16.0 Å². The van der Waals surface area contributed by atoms with E-state index in [4.69, 9.17) is 11.6 Å². The van der Waals surface area contributed by atoms with Crippen molar-refractivity contribution in [2.75, 3.05) is 12.4 Å². The number of nitrogens with zero attached hydrogens (tertiary/aromatic N) is 3. The number of aromatic nitrogens is 2. The molecule has 1 N–H and O–H groups in total. The van der Waals surface area contributed by atoms with E-state index in [1.165, 1.54) is 38.4 Å². The number of rotatable bonds is 2. The molecule has 3 heterocycles. The smallest absolute Gasteiger partial charge is 0.148 e. The van der Waals surface area contributed by atoms with Crippen LogP contribution in [0.4, 0.5) is 5.82 Å². The summed E-state index contributed by atoms with van der Waals surface area (Å²) in [6.07, 6.45) is 7.87. The highest BCUT2D eigenvalue weighted by Gasteiger charge is 2.36. The Morgan fingerprint density at radius 1 is 1.32 bits per heavy atom. The summed E-state index contributed by atoms with van der Waals surface area (Å²) < 4.78 is 0.765. The van der Waals surface area contributed by atoms with Crippen LogP contribution in [0.15, 0.2) is 10.8 Å². The Kier molecular flexibility index (Phi) is 3.96. The molecule has 2 fully saturated rings. The van der Waals surface area contributed by atoms with Gasteiger partial charge in [0.05, 0.1) is 4.47 Å². The van der Waals surface area contributed by atoms with Gasteiger partial charge >= 0.3 is 0 Å². The molecule has 19 heavy (non-hydrogen) atoms. The second kappa shape index (κ2) is 5.54. The maximum atomic E-state index is 6.00. The van der Waals surface area contributed by atoms with Crippen LogP contribution < -0.4 is 5.32 Å². The first-order valence-corrected chi connectivity index (χ1v) is 7.96. The van der Waals surface area contributed by atoms with E-state index in [-0.39, 0.29) is 0 Å². The van der Waals surface area contributed by atoms with Crippen molar-refractivity contribution < 1.29 is 0 Å².